The summed E-state index contributed by atoms with van der Waals surface area (Å²) in [6.45, 7) is 9.00. The molecule has 0 spiro atoms. The Hall–Kier alpha value is 0.110. The smallest absolute Gasteiger partial charge is 0.303 e. The van der Waals surface area contributed by atoms with Gasteiger partial charge in [0.25, 0.3) is 0 Å². The summed E-state index contributed by atoms with van der Waals surface area (Å²) in [6.07, 6.45) is 7.73. The third-order valence-electron chi connectivity index (χ3n) is 4.29. The van der Waals surface area contributed by atoms with Gasteiger partial charge in [0.1, 0.15) is 0 Å². The normalized spacial score (nSPS) is 16.9. The minimum Gasteiger partial charge on any atom is -0.303 e. The van der Waals surface area contributed by atoms with Crippen molar-refractivity contribution < 1.29 is 18.9 Å². The van der Waals surface area contributed by atoms with Crippen molar-refractivity contribution in [1.82, 2.24) is 0 Å². The Balaban J connectivity index is 4.70. The first-order valence-electron chi connectivity index (χ1n) is 8.09. The molecule has 0 saturated carbocycles. The van der Waals surface area contributed by atoms with Gasteiger partial charge in [0.2, 0.25) is 0 Å². The van der Waals surface area contributed by atoms with E-state index in [1.807, 2.05) is 0 Å². The monoisotopic (exact) mass is 308 g/mol. The maximum Gasteiger partial charge on any atom is 0.469 e. The van der Waals surface area contributed by atoms with Crippen molar-refractivity contribution in [2.45, 2.75) is 72.6 Å². The van der Waals surface area contributed by atoms with Crippen molar-refractivity contribution in [3.63, 3.8) is 0 Å². The molecule has 4 nitrogen and oxygen atoms in total. The summed E-state index contributed by atoms with van der Waals surface area (Å²) in [5, 5.41) is 0. The Morgan fingerprint density at radius 2 is 1.35 bits per heavy atom. The van der Waals surface area contributed by atoms with Gasteiger partial charge in [-0.1, -0.05) is 66.2 Å². The number of hydrogen-bond acceptors (Lipinski definition) is 2. The molecule has 122 valence electrons. The Kier molecular flexibility index (Phi) is 10.8. The van der Waals surface area contributed by atoms with Crippen LogP contribution in [0.25, 0.3) is 0 Å². The van der Waals surface area contributed by atoms with E-state index < -0.39 is 7.82 Å². The molecule has 2 unspecified atom stereocenters. The molecular weight excluding hydrogens is 275 g/mol. The standard InChI is InChI=1S/C15H33O4P/c1-5-9-13(7-3)15(14(8-4)10-6-2)11-12-19-20(16,17)18/h13-15H,5-12H2,1-4H3,(H2,16,17,18). The van der Waals surface area contributed by atoms with Crippen LogP contribution in [0.3, 0.4) is 0 Å². The maximum atomic E-state index is 10.8. The molecule has 0 aliphatic rings. The minimum atomic E-state index is -4.33. The van der Waals surface area contributed by atoms with E-state index >= 15 is 0 Å². The third-order valence-corrected chi connectivity index (χ3v) is 4.81. The quantitative estimate of drug-likeness (QED) is 0.510. The van der Waals surface area contributed by atoms with Crippen molar-refractivity contribution in [1.29, 1.82) is 0 Å². The first-order chi connectivity index (χ1) is 9.39. The highest BCUT2D eigenvalue weighted by molar-refractivity contribution is 7.46. The number of phosphoric ester groups is 1. The van der Waals surface area contributed by atoms with E-state index in [4.69, 9.17) is 9.79 Å². The average Bonchev–Trinajstić information content (AvgIpc) is 2.38. The van der Waals surface area contributed by atoms with Crippen molar-refractivity contribution in [2.24, 2.45) is 17.8 Å². The predicted octanol–water partition coefficient (Wildman–Crippen LogP) is 4.75. The summed E-state index contributed by atoms with van der Waals surface area (Å²) in [5.74, 6) is 1.78. The lowest BCUT2D eigenvalue weighted by atomic mass is 9.73. The van der Waals surface area contributed by atoms with Crippen LogP contribution >= 0.6 is 7.82 Å². The lowest BCUT2D eigenvalue weighted by Gasteiger charge is -2.33. The van der Waals surface area contributed by atoms with Gasteiger partial charge in [0.05, 0.1) is 6.61 Å². The Morgan fingerprint density at radius 1 is 0.900 bits per heavy atom. The van der Waals surface area contributed by atoms with Crippen LogP contribution in [-0.2, 0) is 9.09 Å². The summed E-state index contributed by atoms with van der Waals surface area (Å²) < 4.78 is 15.5. The molecule has 2 atom stereocenters. The van der Waals surface area contributed by atoms with E-state index in [-0.39, 0.29) is 6.61 Å². The highest BCUT2D eigenvalue weighted by Gasteiger charge is 2.27. The summed E-state index contributed by atoms with van der Waals surface area (Å²) in [7, 11) is -4.33. The molecule has 0 bridgehead atoms. The molecule has 0 amide bonds. The fraction of sp³-hybridized carbons (Fsp3) is 1.00. The molecular formula is C15H33O4P. The topological polar surface area (TPSA) is 66.8 Å². The van der Waals surface area contributed by atoms with E-state index in [1.54, 1.807) is 0 Å². The lowest BCUT2D eigenvalue weighted by Crippen LogP contribution is -2.25. The van der Waals surface area contributed by atoms with E-state index in [2.05, 4.69) is 32.2 Å². The first kappa shape index (κ1) is 20.1. The third kappa shape index (κ3) is 8.41. The second-order valence-corrected chi connectivity index (χ2v) is 6.93. The van der Waals surface area contributed by atoms with Crippen LogP contribution in [0.2, 0.25) is 0 Å². The minimum absolute atomic E-state index is 0.162. The number of hydrogen-bond donors (Lipinski definition) is 2. The van der Waals surface area contributed by atoms with E-state index in [0.29, 0.717) is 17.8 Å². The van der Waals surface area contributed by atoms with Crippen molar-refractivity contribution >= 4 is 7.82 Å². The van der Waals surface area contributed by atoms with Gasteiger partial charge in [0.15, 0.2) is 0 Å². The zero-order chi connectivity index (χ0) is 15.6. The molecule has 0 radical (unpaired) electrons. The molecule has 20 heavy (non-hydrogen) atoms. The van der Waals surface area contributed by atoms with Crippen LogP contribution in [0.1, 0.15) is 72.6 Å². The largest absolute Gasteiger partial charge is 0.469 e. The van der Waals surface area contributed by atoms with Gasteiger partial charge in [-0.3, -0.25) is 4.52 Å². The van der Waals surface area contributed by atoms with Gasteiger partial charge in [-0.25, -0.2) is 4.57 Å². The number of phosphoric acid groups is 1. The van der Waals surface area contributed by atoms with Crippen molar-refractivity contribution in [3.05, 3.63) is 0 Å². The summed E-state index contributed by atoms with van der Waals surface area (Å²) >= 11 is 0. The van der Waals surface area contributed by atoms with E-state index in [9.17, 15) is 4.57 Å². The second kappa shape index (κ2) is 10.8. The van der Waals surface area contributed by atoms with Crippen LogP contribution in [0.5, 0.6) is 0 Å². The average molecular weight is 308 g/mol. The molecule has 0 aromatic heterocycles. The zero-order valence-corrected chi connectivity index (χ0v) is 14.4. The molecule has 2 N–H and O–H groups in total. The summed E-state index contributed by atoms with van der Waals surface area (Å²) in [5.41, 5.74) is 0. The Labute approximate surface area is 124 Å². The highest BCUT2D eigenvalue weighted by atomic mass is 31.2. The molecule has 0 fully saturated rings. The lowest BCUT2D eigenvalue weighted by molar-refractivity contribution is 0.130. The molecule has 0 saturated heterocycles. The number of rotatable bonds is 12. The van der Waals surface area contributed by atoms with Crippen LogP contribution < -0.4 is 0 Å². The molecule has 0 heterocycles. The molecule has 0 rings (SSSR count). The zero-order valence-electron chi connectivity index (χ0n) is 13.5. The van der Waals surface area contributed by atoms with Gasteiger partial charge < -0.3 is 9.79 Å². The van der Waals surface area contributed by atoms with Gasteiger partial charge in [0, 0.05) is 0 Å². The van der Waals surface area contributed by atoms with Crippen molar-refractivity contribution in [2.75, 3.05) is 6.61 Å². The van der Waals surface area contributed by atoms with Crippen molar-refractivity contribution in [3.8, 4) is 0 Å². The van der Waals surface area contributed by atoms with Crippen LogP contribution in [0.4, 0.5) is 0 Å². The SMILES string of the molecule is CCCC(CC)C(CCOP(=O)(O)O)C(CC)CCC. The highest BCUT2D eigenvalue weighted by Crippen LogP contribution is 2.39. The van der Waals surface area contributed by atoms with Gasteiger partial charge in [-0.15, -0.1) is 0 Å². The maximum absolute atomic E-state index is 10.8. The van der Waals surface area contributed by atoms with E-state index in [1.165, 1.54) is 12.8 Å². The Morgan fingerprint density at radius 3 is 1.65 bits per heavy atom. The van der Waals surface area contributed by atoms with Crippen LogP contribution in [-0.4, -0.2) is 16.4 Å². The molecule has 0 aliphatic heterocycles. The van der Waals surface area contributed by atoms with Gasteiger partial charge >= 0.3 is 7.82 Å². The fourth-order valence-corrected chi connectivity index (χ4v) is 3.69. The first-order valence-corrected chi connectivity index (χ1v) is 9.62. The summed E-state index contributed by atoms with van der Waals surface area (Å²) in [6, 6.07) is 0. The molecule has 0 aliphatic carbocycles. The Bertz CT molecular complexity index is 263. The second-order valence-electron chi connectivity index (χ2n) is 5.69. The fourth-order valence-electron chi connectivity index (χ4n) is 3.35. The molecule has 5 heteroatoms. The predicted molar refractivity (Wildman–Crippen MR) is 83.5 cm³/mol. The van der Waals surface area contributed by atoms with E-state index in [0.717, 1.165) is 32.1 Å². The van der Waals surface area contributed by atoms with Gasteiger partial charge in [-0.05, 0) is 24.2 Å². The van der Waals surface area contributed by atoms with Gasteiger partial charge in [-0.2, -0.15) is 0 Å². The van der Waals surface area contributed by atoms with Crippen LogP contribution in [0.15, 0.2) is 0 Å². The molecule has 0 aromatic rings. The summed E-state index contributed by atoms with van der Waals surface area (Å²) in [4.78, 5) is 17.6. The van der Waals surface area contributed by atoms with Crippen LogP contribution in [0, 0.1) is 17.8 Å². The molecule has 0 aromatic carbocycles.